The number of para-hydroxylation sites is 2. The van der Waals surface area contributed by atoms with Crippen molar-refractivity contribution in [3.63, 3.8) is 0 Å². The highest BCUT2D eigenvalue weighted by Crippen LogP contribution is 2.27. The normalized spacial score (nSPS) is 11.4. The molecule has 2 aromatic heterocycles. The Morgan fingerprint density at radius 1 is 0.724 bits per heavy atom. The van der Waals surface area contributed by atoms with E-state index in [0.29, 0.717) is 22.4 Å². The van der Waals surface area contributed by atoms with E-state index in [9.17, 15) is 4.79 Å². The van der Waals surface area contributed by atoms with Crippen LogP contribution < -0.4 is 5.43 Å². The number of fused-ring (bicyclic) bond motifs is 2. The summed E-state index contributed by atoms with van der Waals surface area (Å²) in [4.78, 5) is 17.3. The van der Waals surface area contributed by atoms with Gasteiger partial charge in [-0.2, -0.15) is 0 Å². The van der Waals surface area contributed by atoms with Crippen LogP contribution >= 0.6 is 0 Å². The number of pyridine rings is 1. The zero-order chi connectivity index (χ0) is 19.6. The van der Waals surface area contributed by atoms with Crippen molar-refractivity contribution in [2.75, 3.05) is 0 Å². The number of hydrogen-bond acceptors (Lipinski definition) is 3. The van der Waals surface area contributed by atoms with Crippen LogP contribution in [-0.4, -0.2) is 4.98 Å². The van der Waals surface area contributed by atoms with Crippen molar-refractivity contribution in [3.8, 4) is 11.5 Å². The molecule has 2 heterocycles. The number of benzene rings is 3. The summed E-state index contributed by atoms with van der Waals surface area (Å²) in [6, 6.07) is 28.9. The third kappa shape index (κ3) is 3.34. The highest BCUT2D eigenvalue weighted by Gasteiger charge is 2.11. The van der Waals surface area contributed by atoms with Crippen molar-refractivity contribution in [1.29, 1.82) is 0 Å². The molecule has 138 valence electrons. The van der Waals surface area contributed by atoms with E-state index in [4.69, 9.17) is 9.40 Å². The number of hydrogen-bond donors (Lipinski definition) is 0. The van der Waals surface area contributed by atoms with Crippen LogP contribution in [0.25, 0.3) is 45.5 Å². The maximum atomic E-state index is 12.5. The van der Waals surface area contributed by atoms with Crippen molar-refractivity contribution in [1.82, 2.24) is 4.98 Å². The number of aromatic nitrogens is 1. The molecule has 0 fully saturated rings. The lowest BCUT2D eigenvalue weighted by Crippen LogP contribution is -2.01. The van der Waals surface area contributed by atoms with Crippen LogP contribution in [0.1, 0.15) is 11.1 Å². The summed E-state index contributed by atoms with van der Waals surface area (Å²) in [6.45, 7) is 0. The smallest absolute Gasteiger partial charge is 0.193 e. The molecule has 5 aromatic rings. The van der Waals surface area contributed by atoms with Crippen molar-refractivity contribution in [2.45, 2.75) is 0 Å². The lowest BCUT2D eigenvalue weighted by atomic mass is 10.0. The average molecular weight is 375 g/mol. The van der Waals surface area contributed by atoms with Gasteiger partial charge in [-0.05, 0) is 35.4 Å². The van der Waals surface area contributed by atoms with E-state index < -0.39 is 0 Å². The molecule has 29 heavy (non-hydrogen) atoms. The molecule has 3 heteroatoms. The van der Waals surface area contributed by atoms with E-state index in [1.807, 2.05) is 60.7 Å². The summed E-state index contributed by atoms with van der Waals surface area (Å²) < 4.78 is 6.01. The molecule has 0 N–H and O–H groups in total. The lowest BCUT2D eigenvalue weighted by molar-refractivity contribution is 0.616. The van der Waals surface area contributed by atoms with Gasteiger partial charge in [-0.15, -0.1) is 0 Å². The molecule has 0 radical (unpaired) electrons. The van der Waals surface area contributed by atoms with Crippen LogP contribution in [0.3, 0.4) is 0 Å². The van der Waals surface area contributed by atoms with Gasteiger partial charge in [0, 0.05) is 11.5 Å². The Bertz CT molecular complexity index is 1420. The van der Waals surface area contributed by atoms with E-state index in [1.54, 1.807) is 12.1 Å². The van der Waals surface area contributed by atoms with Gasteiger partial charge in [0.05, 0.1) is 10.9 Å². The molecular formula is C26H17NO2. The average Bonchev–Trinajstić information content (AvgIpc) is 2.78. The first kappa shape index (κ1) is 17.1. The maximum Gasteiger partial charge on any atom is 0.193 e. The third-order valence-corrected chi connectivity index (χ3v) is 4.89. The second kappa shape index (κ2) is 7.21. The minimum absolute atomic E-state index is 0.0711. The van der Waals surface area contributed by atoms with E-state index in [1.165, 1.54) is 6.07 Å². The summed E-state index contributed by atoms with van der Waals surface area (Å²) in [5.41, 5.74) is 4.12. The minimum Gasteiger partial charge on any atom is -0.454 e. The predicted octanol–water partition coefficient (Wildman–Crippen LogP) is 6.18. The lowest BCUT2D eigenvalue weighted by Gasteiger charge is -2.07. The van der Waals surface area contributed by atoms with Crippen LogP contribution in [0.2, 0.25) is 0 Å². The van der Waals surface area contributed by atoms with E-state index in [0.717, 1.165) is 22.0 Å². The molecule has 0 unspecified atom stereocenters. The van der Waals surface area contributed by atoms with Crippen LogP contribution in [0, 0.1) is 0 Å². The first-order valence-electron chi connectivity index (χ1n) is 9.44. The molecular weight excluding hydrogens is 358 g/mol. The predicted molar refractivity (Wildman–Crippen MR) is 119 cm³/mol. The van der Waals surface area contributed by atoms with Gasteiger partial charge in [-0.1, -0.05) is 72.8 Å². The molecule has 0 saturated carbocycles. The first-order valence-corrected chi connectivity index (χ1v) is 9.44. The molecule has 0 aliphatic heterocycles. The minimum atomic E-state index is -0.0711. The van der Waals surface area contributed by atoms with Gasteiger partial charge in [0.2, 0.25) is 0 Å². The molecule has 0 aliphatic rings. The fourth-order valence-corrected chi connectivity index (χ4v) is 3.45. The van der Waals surface area contributed by atoms with E-state index in [-0.39, 0.29) is 5.43 Å². The fraction of sp³-hybridized carbons (Fsp3) is 0. The molecule has 0 atom stereocenters. The van der Waals surface area contributed by atoms with Crippen molar-refractivity contribution >= 4 is 34.0 Å². The molecule has 0 bridgehead atoms. The Labute approximate surface area is 167 Å². The van der Waals surface area contributed by atoms with E-state index >= 15 is 0 Å². The van der Waals surface area contributed by atoms with Crippen molar-refractivity contribution in [3.05, 3.63) is 112 Å². The van der Waals surface area contributed by atoms with Gasteiger partial charge in [-0.25, -0.2) is 4.98 Å². The molecule has 0 saturated heterocycles. The van der Waals surface area contributed by atoms with Gasteiger partial charge in [-0.3, -0.25) is 4.79 Å². The topological polar surface area (TPSA) is 43.1 Å². The highest BCUT2D eigenvalue weighted by atomic mass is 16.3. The zero-order valence-corrected chi connectivity index (χ0v) is 15.6. The van der Waals surface area contributed by atoms with Gasteiger partial charge in [0.1, 0.15) is 11.3 Å². The van der Waals surface area contributed by atoms with Crippen LogP contribution in [0.5, 0.6) is 0 Å². The summed E-state index contributed by atoms with van der Waals surface area (Å²) in [5.74, 6) is 0.466. The Balaban J connectivity index is 1.69. The summed E-state index contributed by atoms with van der Waals surface area (Å²) >= 11 is 0. The number of nitrogens with zero attached hydrogens (tertiary/aromatic N) is 1. The third-order valence-electron chi connectivity index (χ3n) is 4.89. The standard InChI is InChI=1S/C26H17NO2/c28-24-17-26(29-25-13-7-5-11-21(24)25)23-16-19(15-14-18-8-2-1-3-9-18)20-10-4-6-12-22(20)27-23/h1-17H/b15-14+. The van der Waals surface area contributed by atoms with E-state index in [2.05, 4.69) is 24.3 Å². The number of rotatable bonds is 3. The molecule has 5 rings (SSSR count). The van der Waals surface area contributed by atoms with Crippen molar-refractivity contribution in [2.24, 2.45) is 0 Å². The van der Waals surface area contributed by atoms with Crippen LogP contribution in [0.4, 0.5) is 0 Å². The summed E-state index contributed by atoms with van der Waals surface area (Å²) in [6.07, 6.45) is 4.14. The van der Waals surface area contributed by atoms with Gasteiger partial charge >= 0.3 is 0 Å². The van der Waals surface area contributed by atoms with Crippen LogP contribution in [-0.2, 0) is 0 Å². The molecule has 0 aliphatic carbocycles. The fourth-order valence-electron chi connectivity index (χ4n) is 3.45. The molecule has 0 spiro atoms. The van der Waals surface area contributed by atoms with Gasteiger partial charge < -0.3 is 4.42 Å². The highest BCUT2D eigenvalue weighted by molar-refractivity contribution is 5.92. The molecule has 3 nitrogen and oxygen atoms in total. The van der Waals surface area contributed by atoms with Crippen LogP contribution in [0.15, 0.2) is 100 Å². The second-order valence-corrected chi connectivity index (χ2v) is 6.83. The van der Waals surface area contributed by atoms with Gasteiger partial charge in [0.15, 0.2) is 11.2 Å². The molecule has 0 amide bonds. The van der Waals surface area contributed by atoms with Crippen molar-refractivity contribution < 1.29 is 4.42 Å². The SMILES string of the molecule is O=c1cc(-c2cc(/C=C/c3ccccc3)c3ccccc3n2)oc2ccccc12. The molecule has 3 aromatic carbocycles. The second-order valence-electron chi connectivity index (χ2n) is 6.83. The summed E-state index contributed by atoms with van der Waals surface area (Å²) in [5, 5.41) is 1.62. The van der Waals surface area contributed by atoms with Gasteiger partial charge in [0.25, 0.3) is 0 Å². The first-order chi connectivity index (χ1) is 14.3. The Hall–Kier alpha value is -3.98. The Morgan fingerprint density at radius 2 is 1.45 bits per heavy atom. The largest absolute Gasteiger partial charge is 0.454 e. The Morgan fingerprint density at radius 3 is 2.31 bits per heavy atom. The Kier molecular flexibility index (Phi) is 4.26. The maximum absolute atomic E-state index is 12.5. The summed E-state index contributed by atoms with van der Waals surface area (Å²) in [7, 11) is 0. The quantitative estimate of drug-likeness (QED) is 0.378. The monoisotopic (exact) mass is 375 g/mol. The zero-order valence-electron chi connectivity index (χ0n) is 15.6.